The average Bonchev–Trinajstić information content (AvgIpc) is 3.93. The lowest BCUT2D eigenvalue weighted by atomic mass is 9.95. The van der Waals surface area contributed by atoms with Crippen LogP contribution in [0.5, 0.6) is 0 Å². The Morgan fingerprint density at radius 3 is 2.55 bits per heavy atom. The van der Waals surface area contributed by atoms with Crippen LogP contribution in [0.1, 0.15) is 55.8 Å². The molecule has 2 amide bonds. The Bertz CT molecular complexity index is 2200. The summed E-state index contributed by atoms with van der Waals surface area (Å²) in [5.41, 5.74) is 1.20. The second-order valence-electron chi connectivity index (χ2n) is 15.1. The quantitative estimate of drug-likeness (QED) is 0.177. The summed E-state index contributed by atoms with van der Waals surface area (Å²) < 4.78 is 68.5. The van der Waals surface area contributed by atoms with Gasteiger partial charge in [0.25, 0.3) is 12.3 Å². The van der Waals surface area contributed by atoms with Gasteiger partial charge >= 0.3 is 6.09 Å². The van der Waals surface area contributed by atoms with Gasteiger partial charge in [0, 0.05) is 65.5 Å². The van der Waals surface area contributed by atoms with Crippen LogP contribution >= 0.6 is 11.3 Å². The van der Waals surface area contributed by atoms with Crippen LogP contribution in [0.25, 0.3) is 22.0 Å². The molecule has 3 aromatic heterocycles. The predicted octanol–water partition coefficient (Wildman–Crippen LogP) is 7.12. The Balaban J connectivity index is 1.09. The monoisotopic (exact) mass is 750 g/mol. The number of rotatable bonds is 7. The highest BCUT2D eigenvalue weighted by molar-refractivity contribution is 7.13. The first-order valence-electron chi connectivity index (χ1n) is 17.4. The van der Waals surface area contributed by atoms with Gasteiger partial charge in [0.2, 0.25) is 0 Å². The minimum absolute atomic E-state index is 0.0452. The SMILES string of the molecule is Cc1c(-c2ccc(N3CC4CN(C(=O)OC(C)(C)C)C[C@@]4(F)C3)cc2)cc(C(F)F)c2cn(C(C(=O)Nc3nccs3)c3ncn4c3C[C@@H](F)C4)nc12. The van der Waals surface area contributed by atoms with Crippen molar-refractivity contribution in [3.8, 4) is 11.1 Å². The van der Waals surface area contributed by atoms with E-state index in [-0.39, 0.29) is 60.7 Å². The second kappa shape index (κ2) is 12.8. The van der Waals surface area contributed by atoms with Crippen molar-refractivity contribution >= 4 is 45.1 Å². The Hall–Kier alpha value is -4.99. The molecular formula is C37H38F4N8O3S. The van der Waals surface area contributed by atoms with Gasteiger partial charge in [-0.25, -0.2) is 32.3 Å². The topological polar surface area (TPSA) is 110 Å². The van der Waals surface area contributed by atoms with Crippen molar-refractivity contribution in [3.63, 3.8) is 0 Å². The summed E-state index contributed by atoms with van der Waals surface area (Å²) in [4.78, 5) is 38.4. The Labute approximate surface area is 306 Å². The largest absolute Gasteiger partial charge is 0.444 e. The Kier molecular flexibility index (Phi) is 8.50. The molecule has 6 heterocycles. The van der Waals surface area contributed by atoms with E-state index in [0.29, 0.717) is 34.1 Å². The molecule has 0 saturated carbocycles. The van der Waals surface area contributed by atoms with Crippen molar-refractivity contribution in [3.05, 3.63) is 76.9 Å². The average molecular weight is 751 g/mol. The number of carbonyl (C=O) groups excluding carboxylic acids is 2. The van der Waals surface area contributed by atoms with Crippen LogP contribution in [0, 0.1) is 12.8 Å². The molecule has 8 rings (SSSR count). The highest BCUT2D eigenvalue weighted by Crippen LogP contribution is 2.42. The van der Waals surface area contributed by atoms with Gasteiger partial charge < -0.3 is 19.1 Å². The summed E-state index contributed by atoms with van der Waals surface area (Å²) in [6.45, 7) is 7.96. The first kappa shape index (κ1) is 35.1. The Morgan fingerprint density at radius 2 is 1.87 bits per heavy atom. The number of likely N-dealkylation sites (tertiary alicyclic amines) is 1. The van der Waals surface area contributed by atoms with Gasteiger partial charge in [-0.2, -0.15) is 5.10 Å². The number of halogens is 4. The number of anilines is 2. The van der Waals surface area contributed by atoms with E-state index in [1.807, 2.05) is 29.2 Å². The smallest absolute Gasteiger partial charge is 0.410 e. The molecule has 2 saturated heterocycles. The number of hydrogen-bond donors (Lipinski definition) is 1. The third-order valence-corrected chi connectivity index (χ3v) is 11.0. The van der Waals surface area contributed by atoms with E-state index in [1.165, 1.54) is 39.5 Å². The molecule has 3 aliphatic heterocycles. The molecule has 1 N–H and O–H groups in total. The van der Waals surface area contributed by atoms with Crippen molar-refractivity contribution in [1.82, 2.24) is 29.2 Å². The minimum atomic E-state index is -2.86. The highest BCUT2D eigenvalue weighted by Gasteiger charge is 2.55. The van der Waals surface area contributed by atoms with Gasteiger partial charge in [0.15, 0.2) is 16.8 Å². The second-order valence-corrected chi connectivity index (χ2v) is 16.0. The van der Waals surface area contributed by atoms with Crippen LogP contribution in [0.2, 0.25) is 0 Å². The van der Waals surface area contributed by atoms with E-state index in [1.54, 1.807) is 43.8 Å². The lowest BCUT2D eigenvalue weighted by Crippen LogP contribution is -2.40. The molecule has 11 nitrogen and oxygen atoms in total. The number of aromatic nitrogens is 5. The Morgan fingerprint density at radius 1 is 1.09 bits per heavy atom. The number of hydrogen-bond acceptors (Lipinski definition) is 8. The lowest BCUT2D eigenvalue weighted by molar-refractivity contribution is -0.118. The van der Waals surface area contributed by atoms with Crippen LogP contribution in [-0.4, -0.2) is 84.8 Å². The van der Waals surface area contributed by atoms with E-state index >= 15 is 4.39 Å². The number of carbonyl (C=O) groups is 2. The van der Waals surface area contributed by atoms with Crippen LogP contribution < -0.4 is 10.2 Å². The van der Waals surface area contributed by atoms with Gasteiger partial charge in [-0.05, 0) is 62.6 Å². The summed E-state index contributed by atoms with van der Waals surface area (Å²) >= 11 is 1.22. The molecule has 5 aromatic rings. The fourth-order valence-corrected chi connectivity index (χ4v) is 8.34. The summed E-state index contributed by atoms with van der Waals surface area (Å²) in [6, 6.07) is 7.56. The third kappa shape index (κ3) is 6.40. The van der Waals surface area contributed by atoms with Gasteiger partial charge in [0.05, 0.1) is 37.2 Å². The van der Waals surface area contributed by atoms with Gasteiger partial charge in [-0.15, -0.1) is 11.3 Å². The maximum Gasteiger partial charge on any atom is 0.410 e. The van der Waals surface area contributed by atoms with Crippen molar-refractivity contribution < 1.29 is 31.9 Å². The van der Waals surface area contributed by atoms with Crippen molar-refractivity contribution in [2.24, 2.45) is 5.92 Å². The number of imidazole rings is 1. The van der Waals surface area contributed by atoms with Gasteiger partial charge in [0.1, 0.15) is 11.8 Å². The molecule has 0 spiro atoms. The number of alkyl halides is 4. The fourth-order valence-electron chi connectivity index (χ4n) is 7.81. The maximum absolute atomic E-state index is 16.1. The summed E-state index contributed by atoms with van der Waals surface area (Å²) in [5.74, 6) is -0.917. The summed E-state index contributed by atoms with van der Waals surface area (Å²) in [6.07, 6.45) is 0.00652. The van der Waals surface area contributed by atoms with Crippen molar-refractivity contribution in [1.29, 1.82) is 0 Å². The number of benzene rings is 2. The van der Waals surface area contributed by atoms with E-state index < -0.39 is 41.9 Å². The van der Waals surface area contributed by atoms with Crippen LogP contribution in [0.15, 0.2) is 54.4 Å². The number of thiazole rings is 1. The van der Waals surface area contributed by atoms with Crippen molar-refractivity contribution in [2.45, 2.75) is 70.6 Å². The molecule has 53 heavy (non-hydrogen) atoms. The highest BCUT2D eigenvalue weighted by atomic mass is 32.1. The van der Waals surface area contributed by atoms with E-state index in [2.05, 4.69) is 15.3 Å². The normalized spacial score (nSPS) is 21.8. The van der Waals surface area contributed by atoms with Crippen LogP contribution in [0.3, 0.4) is 0 Å². The standard InChI is InChI=1S/C37H38F4N8O3S/c1-20-25(21-5-7-24(8-6-21)46-13-22-14-47(18-37(22,41)17-46)35(51)52-36(2,3)4)12-26(32(39)40)27-16-49(45-29(20)27)31(33(50)44-34-42-9-10-53-34)30-28-11-23(38)15-48(28)19-43-30/h5-10,12,16,19,22-23,31-32H,11,13-15,17-18H2,1-4H3,(H,42,44,50)/t22?,23-,31?,37+/m1/s1. The summed E-state index contributed by atoms with van der Waals surface area (Å²) in [7, 11) is 0. The molecule has 2 fully saturated rings. The number of nitrogens with zero attached hydrogens (tertiary/aromatic N) is 7. The van der Waals surface area contributed by atoms with E-state index in [0.717, 1.165) is 5.69 Å². The zero-order valence-corrected chi connectivity index (χ0v) is 30.3. The molecule has 2 unspecified atom stereocenters. The first-order chi connectivity index (χ1) is 25.2. The molecule has 0 bridgehead atoms. The fraction of sp³-hybridized carbons (Fsp3) is 0.432. The number of amides is 2. The molecule has 0 radical (unpaired) electrons. The van der Waals surface area contributed by atoms with Crippen LogP contribution in [-0.2, 0) is 22.5 Å². The first-order valence-corrected chi connectivity index (χ1v) is 18.3. The van der Waals surface area contributed by atoms with Crippen molar-refractivity contribution in [2.75, 3.05) is 36.4 Å². The zero-order valence-electron chi connectivity index (χ0n) is 29.5. The van der Waals surface area contributed by atoms with Gasteiger partial charge in [-0.1, -0.05) is 12.1 Å². The lowest BCUT2D eigenvalue weighted by Gasteiger charge is -2.27. The van der Waals surface area contributed by atoms with E-state index in [4.69, 9.17) is 9.84 Å². The van der Waals surface area contributed by atoms with Crippen LogP contribution in [0.4, 0.5) is 33.2 Å². The number of aryl methyl sites for hydroxylation is 1. The number of ether oxygens (including phenoxy) is 1. The van der Waals surface area contributed by atoms with Gasteiger partial charge in [-0.3, -0.25) is 14.8 Å². The number of fused-ring (bicyclic) bond motifs is 3. The minimum Gasteiger partial charge on any atom is -0.444 e. The number of nitrogens with one attached hydrogen (secondary N) is 1. The van der Waals surface area contributed by atoms with E-state index in [9.17, 15) is 22.8 Å². The molecular weight excluding hydrogens is 713 g/mol. The molecule has 278 valence electrons. The maximum atomic E-state index is 16.1. The molecule has 0 aliphatic carbocycles. The predicted molar refractivity (Wildman–Crippen MR) is 192 cm³/mol. The zero-order chi connectivity index (χ0) is 37.4. The third-order valence-electron chi connectivity index (χ3n) is 10.3. The molecule has 4 atom stereocenters. The molecule has 3 aliphatic rings. The molecule has 16 heteroatoms. The summed E-state index contributed by atoms with van der Waals surface area (Å²) in [5, 5.41) is 9.72. The molecule has 2 aromatic carbocycles.